The second kappa shape index (κ2) is 6.64. The number of aliphatic hydroxyl groups excluding tert-OH is 1. The molecular formula is C22H30N2O3. The molecule has 2 fully saturated rings. The van der Waals surface area contributed by atoms with E-state index in [0.29, 0.717) is 25.9 Å². The zero-order valence-electron chi connectivity index (χ0n) is 16.5. The molecule has 2 saturated heterocycles. The number of carbonyl (C=O) groups excluding carboxylic acids is 1. The molecule has 5 nitrogen and oxygen atoms in total. The molecule has 2 aliphatic heterocycles. The highest BCUT2D eigenvalue weighted by Crippen LogP contribution is 2.42. The number of benzene rings is 1. The molecule has 0 radical (unpaired) electrons. The van der Waals surface area contributed by atoms with Gasteiger partial charge in [0.05, 0.1) is 17.8 Å². The maximum Gasteiger partial charge on any atom is 0.253 e. The first-order valence-corrected chi connectivity index (χ1v) is 9.98. The number of likely N-dealkylation sites (tertiary alicyclic amines) is 1. The van der Waals surface area contributed by atoms with E-state index in [2.05, 4.69) is 25.8 Å². The molecule has 3 heterocycles. The SMILES string of the molecule is CC(C)(C)[C@H]1C[C@@H](O)CC2(CCN(C(=O)c3ccc4[nH]ccc4c3)CC2)O1. The van der Waals surface area contributed by atoms with Crippen molar-refractivity contribution < 1.29 is 14.6 Å². The van der Waals surface area contributed by atoms with Crippen molar-refractivity contribution in [2.45, 2.75) is 64.3 Å². The molecule has 2 aromatic rings. The van der Waals surface area contributed by atoms with Gasteiger partial charge in [-0.1, -0.05) is 20.8 Å². The average Bonchev–Trinajstić information content (AvgIpc) is 3.08. The van der Waals surface area contributed by atoms with E-state index in [1.165, 1.54) is 0 Å². The van der Waals surface area contributed by atoms with Gasteiger partial charge in [0.2, 0.25) is 0 Å². The standard InChI is InChI=1S/C22H30N2O3/c1-21(2,3)19-13-17(25)14-22(27-19)7-10-24(11-8-22)20(26)16-4-5-18-15(12-16)6-9-23-18/h4-6,9,12,17,19,23,25H,7-8,10-11,13-14H2,1-3H3/t17-,19-/m1/s1. The molecular weight excluding hydrogens is 340 g/mol. The lowest BCUT2D eigenvalue weighted by molar-refractivity contribution is -0.205. The van der Waals surface area contributed by atoms with Gasteiger partial charge < -0.3 is 19.7 Å². The highest BCUT2D eigenvalue weighted by Gasteiger charge is 2.46. The van der Waals surface area contributed by atoms with Crippen molar-refractivity contribution in [2.24, 2.45) is 5.41 Å². The summed E-state index contributed by atoms with van der Waals surface area (Å²) in [6.07, 6.45) is 4.58. The molecule has 5 heteroatoms. The normalized spacial score (nSPS) is 25.9. The molecule has 0 aliphatic carbocycles. The molecule has 1 spiro atoms. The number of aliphatic hydroxyl groups is 1. The van der Waals surface area contributed by atoms with E-state index in [1.807, 2.05) is 35.4 Å². The maximum absolute atomic E-state index is 12.9. The molecule has 2 N–H and O–H groups in total. The lowest BCUT2D eigenvalue weighted by atomic mass is 9.76. The number of amides is 1. The molecule has 146 valence electrons. The van der Waals surface area contributed by atoms with Gasteiger partial charge in [0, 0.05) is 48.6 Å². The fourth-order valence-corrected chi connectivity index (χ4v) is 4.50. The van der Waals surface area contributed by atoms with Crippen LogP contribution in [0, 0.1) is 5.41 Å². The number of hydrogen-bond donors (Lipinski definition) is 2. The number of nitrogens with one attached hydrogen (secondary N) is 1. The number of aromatic amines is 1. The Balaban J connectivity index is 1.45. The molecule has 1 amide bonds. The van der Waals surface area contributed by atoms with E-state index in [9.17, 15) is 9.90 Å². The Morgan fingerprint density at radius 3 is 2.70 bits per heavy atom. The summed E-state index contributed by atoms with van der Waals surface area (Å²) in [4.78, 5) is 18.0. The molecule has 0 unspecified atom stereocenters. The van der Waals surface area contributed by atoms with Crippen molar-refractivity contribution in [1.29, 1.82) is 0 Å². The second-order valence-corrected chi connectivity index (χ2v) is 9.32. The first-order chi connectivity index (χ1) is 12.8. The van der Waals surface area contributed by atoms with E-state index >= 15 is 0 Å². The summed E-state index contributed by atoms with van der Waals surface area (Å²) in [5, 5.41) is 11.5. The van der Waals surface area contributed by atoms with E-state index in [-0.39, 0.29) is 29.1 Å². The fraction of sp³-hybridized carbons (Fsp3) is 0.591. The summed E-state index contributed by atoms with van der Waals surface area (Å²) < 4.78 is 6.53. The fourth-order valence-electron chi connectivity index (χ4n) is 4.50. The second-order valence-electron chi connectivity index (χ2n) is 9.32. The minimum Gasteiger partial charge on any atom is -0.393 e. The highest BCUT2D eigenvalue weighted by molar-refractivity contribution is 5.98. The predicted octanol–water partition coefficient (Wildman–Crippen LogP) is 3.73. The van der Waals surface area contributed by atoms with Crippen LogP contribution in [0.1, 0.15) is 56.8 Å². The number of fused-ring (bicyclic) bond motifs is 1. The van der Waals surface area contributed by atoms with Gasteiger partial charge in [-0.3, -0.25) is 4.79 Å². The minimum atomic E-state index is -0.318. The first kappa shape index (κ1) is 18.5. The third kappa shape index (κ3) is 3.63. The Morgan fingerprint density at radius 2 is 2.00 bits per heavy atom. The van der Waals surface area contributed by atoms with E-state index < -0.39 is 0 Å². The van der Waals surface area contributed by atoms with Crippen LogP contribution in [0.15, 0.2) is 30.5 Å². The van der Waals surface area contributed by atoms with E-state index in [0.717, 1.165) is 29.3 Å². The molecule has 0 saturated carbocycles. The Hall–Kier alpha value is -1.85. The summed E-state index contributed by atoms with van der Waals surface area (Å²) in [7, 11) is 0. The Bertz CT molecular complexity index is 827. The third-order valence-corrected chi connectivity index (χ3v) is 6.21. The van der Waals surface area contributed by atoms with Gasteiger partial charge in [0.15, 0.2) is 0 Å². The smallest absolute Gasteiger partial charge is 0.253 e. The quantitative estimate of drug-likeness (QED) is 0.804. The largest absolute Gasteiger partial charge is 0.393 e. The molecule has 27 heavy (non-hydrogen) atoms. The summed E-state index contributed by atoms with van der Waals surface area (Å²) in [6.45, 7) is 7.85. The summed E-state index contributed by atoms with van der Waals surface area (Å²) in [5.74, 6) is 0.0803. The zero-order chi connectivity index (χ0) is 19.2. The number of hydrogen-bond acceptors (Lipinski definition) is 3. The van der Waals surface area contributed by atoms with Gasteiger partial charge in [0.1, 0.15) is 0 Å². The summed E-state index contributed by atoms with van der Waals surface area (Å²) in [6, 6.07) is 7.79. The number of H-pyrrole nitrogens is 1. The number of carbonyl (C=O) groups is 1. The Morgan fingerprint density at radius 1 is 1.26 bits per heavy atom. The van der Waals surface area contributed by atoms with Crippen molar-refractivity contribution in [1.82, 2.24) is 9.88 Å². The molecule has 1 aromatic carbocycles. The van der Waals surface area contributed by atoms with Gasteiger partial charge in [-0.25, -0.2) is 0 Å². The van der Waals surface area contributed by atoms with Crippen molar-refractivity contribution in [3.05, 3.63) is 36.0 Å². The molecule has 0 bridgehead atoms. The number of rotatable bonds is 1. The van der Waals surface area contributed by atoms with E-state index in [1.54, 1.807) is 0 Å². The Labute approximate surface area is 160 Å². The third-order valence-electron chi connectivity index (χ3n) is 6.21. The van der Waals surface area contributed by atoms with Crippen molar-refractivity contribution in [2.75, 3.05) is 13.1 Å². The Kier molecular flexibility index (Phi) is 4.55. The van der Waals surface area contributed by atoms with Crippen LogP contribution in [0.3, 0.4) is 0 Å². The number of ether oxygens (including phenoxy) is 1. The zero-order valence-corrected chi connectivity index (χ0v) is 16.5. The van der Waals surface area contributed by atoms with Crippen LogP contribution in [0.4, 0.5) is 0 Å². The van der Waals surface area contributed by atoms with Crippen LogP contribution in [0.25, 0.3) is 10.9 Å². The van der Waals surface area contributed by atoms with Crippen LogP contribution < -0.4 is 0 Å². The van der Waals surface area contributed by atoms with Gasteiger partial charge >= 0.3 is 0 Å². The van der Waals surface area contributed by atoms with Gasteiger partial charge in [-0.05, 0) is 42.5 Å². The molecule has 2 atom stereocenters. The molecule has 1 aromatic heterocycles. The summed E-state index contributed by atoms with van der Waals surface area (Å²) >= 11 is 0. The van der Waals surface area contributed by atoms with Gasteiger partial charge in [-0.2, -0.15) is 0 Å². The highest BCUT2D eigenvalue weighted by atomic mass is 16.5. The minimum absolute atomic E-state index is 0.00727. The van der Waals surface area contributed by atoms with Crippen LogP contribution in [-0.4, -0.2) is 51.8 Å². The van der Waals surface area contributed by atoms with Crippen molar-refractivity contribution >= 4 is 16.8 Å². The topological polar surface area (TPSA) is 65.6 Å². The monoisotopic (exact) mass is 370 g/mol. The number of piperidine rings is 1. The van der Waals surface area contributed by atoms with Crippen LogP contribution in [0.5, 0.6) is 0 Å². The van der Waals surface area contributed by atoms with Crippen LogP contribution in [-0.2, 0) is 4.74 Å². The van der Waals surface area contributed by atoms with E-state index in [4.69, 9.17) is 4.74 Å². The molecule has 4 rings (SSSR count). The predicted molar refractivity (Wildman–Crippen MR) is 106 cm³/mol. The van der Waals surface area contributed by atoms with Crippen LogP contribution >= 0.6 is 0 Å². The first-order valence-electron chi connectivity index (χ1n) is 9.98. The number of aromatic nitrogens is 1. The average molecular weight is 370 g/mol. The van der Waals surface area contributed by atoms with Gasteiger partial charge in [0.25, 0.3) is 5.91 Å². The lowest BCUT2D eigenvalue weighted by Crippen LogP contribution is -2.55. The number of nitrogens with zero attached hydrogens (tertiary/aromatic N) is 1. The van der Waals surface area contributed by atoms with Crippen molar-refractivity contribution in [3.8, 4) is 0 Å². The van der Waals surface area contributed by atoms with Crippen LogP contribution in [0.2, 0.25) is 0 Å². The lowest BCUT2D eigenvalue weighted by Gasteiger charge is -2.50. The maximum atomic E-state index is 12.9. The van der Waals surface area contributed by atoms with Gasteiger partial charge in [-0.15, -0.1) is 0 Å². The summed E-state index contributed by atoms with van der Waals surface area (Å²) in [5.41, 5.74) is 1.49. The van der Waals surface area contributed by atoms with Crippen molar-refractivity contribution in [3.63, 3.8) is 0 Å². The molecule has 2 aliphatic rings.